The van der Waals surface area contributed by atoms with E-state index in [0.29, 0.717) is 17.9 Å². The molecule has 3 fully saturated rings. The number of hydrogen-bond donors (Lipinski definition) is 2. The molecule has 3 heterocycles. The maximum atomic E-state index is 14.1. The van der Waals surface area contributed by atoms with E-state index in [9.17, 15) is 32.3 Å². The summed E-state index contributed by atoms with van der Waals surface area (Å²) in [5, 5.41) is 2.98. The summed E-state index contributed by atoms with van der Waals surface area (Å²) in [5.41, 5.74) is -0.0365. The van der Waals surface area contributed by atoms with Gasteiger partial charge in [0.05, 0.1) is 48.0 Å². The molecule has 4 aliphatic rings. The monoisotopic (exact) mass is 737 g/mol. The molecule has 0 radical (unpaired) electrons. The van der Waals surface area contributed by atoms with E-state index in [1.54, 1.807) is 55.3 Å². The Hall–Kier alpha value is -4.76. The van der Waals surface area contributed by atoms with Crippen LogP contribution in [0.4, 0.5) is 24.5 Å². The number of aromatic nitrogens is 1. The van der Waals surface area contributed by atoms with Crippen molar-refractivity contribution in [1.82, 2.24) is 4.98 Å². The van der Waals surface area contributed by atoms with Crippen molar-refractivity contribution in [2.45, 2.75) is 28.8 Å². The van der Waals surface area contributed by atoms with E-state index in [-0.39, 0.29) is 62.8 Å². The summed E-state index contributed by atoms with van der Waals surface area (Å²) < 4.78 is 56.9. The van der Waals surface area contributed by atoms with Crippen LogP contribution in [0.3, 0.4) is 0 Å². The van der Waals surface area contributed by atoms with Crippen LogP contribution < -0.4 is 29.3 Å². The van der Waals surface area contributed by atoms with E-state index in [2.05, 4.69) is 10.3 Å². The van der Waals surface area contributed by atoms with Gasteiger partial charge in [-0.1, -0.05) is 29.5 Å². The minimum Gasteiger partial charge on any atom is -0.497 e. The Morgan fingerprint density at radius 1 is 0.941 bits per heavy atom. The Morgan fingerprint density at radius 2 is 1.67 bits per heavy atom. The van der Waals surface area contributed by atoms with Crippen LogP contribution >= 0.6 is 23.1 Å². The summed E-state index contributed by atoms with van der Waals surface area (Å²) in [6.07, 6.45) is -3.93. The number of methoxy groups -OCH3 is 2. The average Bonchev–Trinajstić information content (AvgIpc) is 3.85. The fraction of sp³-hybridized carbons (Fsp3) is 0.333. The number of aromatic amines is 1. The zero-order valence-electron chi connectivity index (χ0n) is 27.1. The minimum atomic E-state index is -4.65. The van der Waals surface area contributed by atoms with Crippen molar-refractivity contribution in [3.8, 4) is 17.2 Å². The highest BCUT2D eigenvalue weighted by Crippen LogP contribution is 2.69. The largest absolute Gasteiger partial charge is 0.497 e. The van der Waals surface area contributed by atoms with E-state index >= 15 is 0 Å². The molecule has 2 saturated carbocycles. The molecule has 3 amide bonds. The summed E-state index contributed by atoms with van der Waals surface area (Å²) in [7, 11) is 2.98. The van der Waals surface area contributed by atoms with Crippen molar-refractivity contribution in [2.24, 2.45) is 29.6 Å². The second-order valence-corrected chi connectivity index (χ2v) is 15.2. The number of fused-ring (bicyclic) bond motifs is 9. The maximum absolute atomic E-state index is 14.1. The standard InChI is InChI=1S/C36H30F3N3O7S2/c1-47-18-10-8-17(9-11-18)42-33(44)28-19-14-20(29(28)34(42)45)30-27(19)26(31-32(50-30)41-35(46)51-31)16-7-12-23(24(13-16)48-2)49-15-25(43)40-22-6-4-3-5-21(22)36(37,38)39/h3-13,19-20,26-30H,14-15H2,1-2H3,(H,40,43)(H,41,46)/t19?,20?,26-,27?,28?,29?,30?/m1/s1. The number of thioether (sulfide) groups is 1. The SMILES string of the molecule is COc1ccc(N2C(=O)C3C4CC(C3C2=O)C2C4Sc3[nH]c(=O)sc3[C@@H]2c2ccc(OCC(=O)Nc3ccccc3C(F)(F)F)c(OC)c2)cc1. The number of imide groups is 1. The predicted octanol–water partition coefficient (Wildman–Crippen LogP) is 6.17. The predicted molar refractivity (Wildman–Crippen MR) is 183 cm³/mol. The molecule has 51 heavy (non-hydrogen) atoms. The van der Waals surface area contributed by atoms with Crippen molar-refractivity contribution in [3.63, 3.8) is 0 Å². The van der Waals surface area contributed by atoms with Gasteiger partial charge >= 0.3 is 11.0 Å². The first-order valence-corrected chi connectivity index (χ1v) is 17.9. The van der Waals surface area contributed by atoms with E-state index < -0.39 is 36.1 Å². The van der Waals surface area contributed by atoms with E-state index in [0.717, 1.165) is 32.9 Å². The van der Waals surface area contributed by atoms with Gasteiger partial charge in [0.2, 0.25) is 11.8 Å². The Labute approximate surface area is 297 Å². The molecule has 10 nitrogen and oxygen atoms in total. The molecule has 0 spiro atoms. The molecule has 3 aromatic carbocycles. The van der Waals surface area contributed by atoms with Gasteiger partial charge in [0.25, 0.3) is 5.91 Å². The molecule has 2 N–H and O–H groups in total. The Bertz CT molecular complexity index is 2120. The van der Waals surface area contributed by atoms with Crippen LogP contribution in [0.1, 0.15) is 28.3 Å². The summed E-state index contributed by atoms with van der Waals surface area (Å²) in [6, 6.07) is 16.8. The summed E-state index contributed by atoms with van der Waals surface area (Å²) >= 11 is 2.70. The number of nitrogens with zero attached hydrogens (tertiary/aromatic N) is 1. The van der Waals surface area contributed by atoms with E-state index in [1.165, 1.54) is 30.2 Å². The molecule has 2 bridgehead atoms. The number of carbonyl (C=O) groups is 3. The molecule has 6 unspecified atom stereocenters. The molecule has 2 aliphatic heterocycles. The third-order valence-corrected chi connectivity index (χ3v) is 13.1. The highest BCUT2D eigenvalue weighted by molar-refractivity contribution is 8.00. The average molecular weight is 738 g/mol. The van der Waals surface area contributed by atoms with Crippen molar-refractivity contribution in [1.29, 1.82) is 0 Å². The van der Waals surface area contributed by atoms with Crippen LogP contribution in [-0.2, 0) is 20.6 Å². The topological polar surface area (TPSA) is 127 Å². The van der Waals surface area contributed by atoms with Gasteiger partial charge in [0.1, 0.15) is 5.75 Å². The van der Waals surface area contributed by atoms with Gasteiger partial charge in [-0.2, -0.15) is 13.2 Å². The first kappa shape index (κ1) is 33.4. The first-order valence-electron chi connectivity index (χ1n) is 16.2. The zero-order chi connectivity index (χ0) is 35.8. The molecular weight excluding hydrogens is 708 g/mol. The second-order valence-electron chi connectivity index (χ2n) is 13.0. The van der Waals surface area contributed by atoms with Crippen LogP contribution in [-0.4, -0.2) is 48.8 Å². The van der Waals surface area contributed by atoms with Crippen LogP contribution in [0.5, 0.6) is 17.2 Å². The van der Waals surface area contributed by atoms with Crippen LogP contribution in [0.15, 0.2) is 76.6 Å². The lowest BCUT2D eigenvalue weighted by Gasteiger charge is -2.43. The van der Waals surface area contributed by atoms with E-state index in [1.807, 2.05) is 6.07 Å². The number of H-pyrrole nitrogens is 1. The number of carbonyl (C=O) groups excluding carboxylic acids is 3. The third-order valence-electron chi connectivity index (χ3n) is 10.5. The fourth-order valence-corrected chi connectivity index (χ4v) is 11.4. The Balaban J connectivity index is 1.07. The van der Waals surface area contributed by atoms with Crippen LogP contribution in [0, 0.1) is 29.6 Å². The minimum absolute atomic E-state index is 0.0308. The van der Waals surface area contributed by atoms with Gasteiger partial charge in [-0.05, 0) is 78.3 Å². The number of alkyl halides is 3. The number of benzene rings is 3. The lowest BCUT2D eigenvalue weighted by atomic mass is 9.68. The molecule has 1 aromatic heterocycles. The summed E-state index contributed by atoms with van der Waals surface area (Å²) in [5.74, 6) is -1.59. The first-order chi connectivity index (χ1) is 24.5. The van der Waals surface area contributed by atoms with Crippen molar-refractivity contribution in [3.05, 3.63) is 92.4 Å². The van der Waals surface area contributed by atoms with Crippen LogP contribution in [0.2, 0.25) is 0 Å². The third kappa shape index (κ3) is 5.48. The van der Waals surface area contributed by atoms with Gasteiger partial charge in [-0.15, -0.1) is 11.8 Å². The lowest BCUT2D eigenvalue weighted by molar-refractivity contribution is -0.137. The summed E-state index contributed by atoms with van der Waals surface area (Å²) in [4.78, 5) is 58.3. The van der Waals surface area contributed by atoms with Crippen molar-refractivity contribution >= 4 is 52.2 Å². The van der Waals surface area contributed by atoms with Gasteiger partial charge in [0.15, 0.2) is 18.1 Å². The molecular formula is C36H30F3N3O7S2. The number of rotatable bonds is 8. The van der Waals surface area contributed by atoms with E-state index in [4.69, 9.17) is 14.2 Å². The number of halogens is 3. The number of anilines is 2. The van der Waals surface area contributed by atoms with Gasteiger partial charge in [-0.3, -0.25) is 24.1 Å². The number of ether oxygens (including phenoxy) is 3. The number of thiazole rings is 1. The van der Waals surface area contributed by atoms with Gasteiger partial charge in [0, 0.05) is 16.0 Å². The molecule has 264 valence electrons. The normalized spacial score (nSPS) is 26.1. The highest BCUT2D eigenvalue weighted by Gasteiger charge is 2.69. The van der Waals surface area contributed by atoms with Crippen LogP contribution in [0.25, 0.3) is 0 Å². The highest BCUT2D eigenvalue weighted by atomic mass is 32.2. The summed E-state index contributed by atoms with van der Waals surface area (Å²) in [6.45, 7) is -0.579. The van der Waals surface area contributed by atoms with Gasteiger partial charge in [-0.25, -0.2) is 0 Å². The quantitative estimate of drug-likeness (QED) is 0.206. The van der Waals surface area contributed by atoms with Crippen molar-refractivity contribution in [2.75, 3.05) is 31.0 Å². The lowest BCUT2D eigenvalue weighted by Crippen LogP contribution is -2.42. The smallest absolute Gasteiger partial charge is 0.418 e. The number of hydrogen-bond acceptors (Lipinski definition) is 9. The Morgan fingerprint density at radius 3 is 2.37 bits per heavy atom. The molecule has 8 rings (SSSR count). The zero-order valence-corrected chi connectivity index (χ0v) is 28.7. The fourth-order valence-electron chi connectivity index (χ4n) is 8.54. The Kier molecular flexibility index (Phi) is 8.17. The number of para-hydroxylation sites is 1. The number of amides is 3. The van der Waals surface area contributed by atoms with Gasteiger partial charge < -0.3 is 24.5 Å². The molecule has 4 aromatic rings. The second kappa shape index (κ2) is 12.5. The molecule has 1 saturated heterocycles. The molecule has 7 atom stereocenters. The number of nitrogens with one attached hydrogen (secondary N) is 2. The maximum Gasteiger partial charge on any atom is 0.418 e. The molecule has 15 heteroatoms. The molecule has 2 aliphatic carbocycles. The van der Waals surface area contributed by atoms with Crippen molar-refractivity contribution < 1.29 is 41.8 Å².